The van der Waals surface area contributed by atoms with Gasteiger partial charge in [0.15, 0.2) is 0 Å². The van der Waals surface area contributed by atoms with Crippen molar-refractivity contribution < 1.29 is 5.11 Å². The van der Waals surface area contributed by atoms with Crippen LogP contribution in [-0.4, -0.2) is 12.2 Å². The molecule has 0 unspecified atom stereocenters. The highest BCUT2D eigenvalue weighted by Crippen LogP contribution is 2.28. The van der Waals surface area contributed by atoms with E-state index in [2.05, 4.69) is 10.5 Å². The van der Waals surface area contributed by atoms with Crippen molar-refractivity contribution in [2.24, 2.45) is 5.18 Å². The molecule has 12 heavy (non-hydrogen) atoms. The summed E-state index contributed by atoms with van der Waals surface area (Å²) < 4.78 is 0. The first kappa shape index (κ1) is 10.7. The highest BCUT2D eigenvalue weighted by molar-refractivity contribution is 5.85. The maximum Gasteiger partial charge on any atom is 0.149 e. The van der Waals surface area contributed by atoms with Gasteiger partial charge >= 0.3 is 0 Å². The number of phenols is 1. The lowest BCUT2D eigenvalue weighted by Gasteiger charge is -2.00. The number of nitrogens with zero attached hydrogens (tertiary/aromatic N) is 1. The molecule has 5 heteroatoms. The third-order valence-corrected chi connectivity index (χ3v) is 1.36. The number of nitroso groups, excluding NO2 is 1. The van der Waals surface area contributed by atoms with Gasteiger partial charge in [0.1, 0.15) is 11.4 Å². The van der Waals surface area contributed by atoms with Crippen LogP contribution in [0.5, 0.6) is 5.75 Å². The summed E-state index contributed by atoms with van der Waals surface area (Å²) in [6, 6.07) is 4.56. The molecule has 2 N–H and O–H groups in total. The zero-order valence-corrected chi connectivity index (χ0v) is 7.26. The molecule has 0 spiro atoms. The second kappa shape index (κ2) is 4.56. The maximum atomic E-state index is 10.00. The average Bonchev–Trinajstić information content (AvgIpc) is 2.04. The number of hydrogen-bond acceptors (Lipinski definition) is 4. The van der Waals surface area contributed by atoms with Gasteiger partial charge in [-0.15, -0.1) is 17.3 Å². The van der Waals surface area contributed by atoms with Gasteiger partial charge in [-0.3, -0.25) is 0 Å². The monoisotopic (exact) mass is 188 g/mol. The molecule has 66 valence electrons. The molecule has 1 rings (SSSR count). The van der Waals surface area contributed by atoms with E-state index >= 15 is 0 Å². The minimum Gasteiger partial charge on any atom is -0.505 e. The van der Waals surface area contributed by atoms with Crippen LogP contribution >= 0.6 is 12.4 Å². The van der Waals surface area contributed by atoms with Crippen molar-refractivity contribution in [2.45, 2.75) is 0 Å². The molecule has 0 aliphatic rings. The highest BCUT2D eigenvalue weighted by Gasteiger charge is 2.00. The molecule has 1 aromatic rings. The van der Waals surface area contributed by atoms with Gasteiger partial charge in [-0.05, 0) is 17.3 Å². The number of halogens is 1. The smallest absolute Gasteiger partial charge is 0.149 e. The van der Waals surface area contributed by atoms with Crippen molar-refractivity contribution in [2.75, 3.05) is 12.4 Å². The Morgan fingerprint density at radius 3 is 2.58 bits per heavy atom. The summed E-state index contributed by atoms with van der Waals surface area (Å²) in [6.07, 6.45) is 0. The SMILES string of the molecule is CNc1ccc(N=O)c(O)c1.Cl. The zero-order valence-electron chi connectivity index (χ0n) is 6.44. The van der Waals surface area contributed by atoms with E-state index in [0.29, 0.717) is 0 Å². The largest absolute Gasteiger partial charge is 0.505 e. The Balaban J connectivity index is 0.00000121. The van der Waals surface area contributed by atoms with E-state index in [4.69, 9.17) is 5.11 Å². The predicted octanol–water partition coefficient (Wildman–Crippen LogP) is 2.25. The molecular weight excluding hydrogens is 180 g/mol. The molecule has 0 amide bonds. The van der Waals surface area contributed by atoms with Crippen molar-refractivity contribution in [1.82, 2.24) is 0 Å². The Hall–Kier alpha value is -1.29. The van der Waals surface area contributed by atoms with Crippen LogP contribution in [0.2, 0.25) is 0 Å². The molecule has 0 aliphatic heterocycles. The van der Waals surface area contributed by atoms with Gasteiger partial charge in [0.05, 0.1) is 0 Å². The van der Waals surface area contributed by atoms with E-state index in [-0.39, 0.29) is 23.8 Å². The summed E-state index contributed by atoms with van der Waals surface area (Å²) in [5, 5.41) is 14.5. The summed E-state index contributed by atoms with van der Waals surface area (Å²) in [7, 11) is 1.72. The minimum absolute atomic E-state index is 0. The van der Waals surface area contributed by atoms with Gasteiger partial charge < -0.3 is 10.4 Å². The second-order valence-corrected chi connectivity index (χ2v) is 2.04. The fourth-order valence-corrected chi connectivity index (χ4v) is 0.756. The topological polar surface area (TPSA) is 61.7 Å². The molecule has 0 bridgehead atoms. The van der Waals surface area contributed by atoms with Crippen molar-refractivity contribution in [3.05, 3.63) is 23.1 Å². The number of rotatable bonds is 2. The summed E-state index contributed by atoms with van der Waals surface area (Å²) in [5.74, 6) is -0.105. The van der Waals surface area contributed by atoms with E-state index < -0.39 is 0 Å². The number of aromatic hydroxyl groups is 1. The first-order valence-corrected chi connectivity index (χ1v) is 3.12. The van der Waals surface area contributed by atoms with E-state index in [1.54, 1.807) is 13.1 Å². The lowest BCUT2D eigenvalue weighted by molar-refractivity contribution is 0.477. The Labute approximate surface area is 76.0 Å². The third kappa shape index (κ3) is 2.10. The fourth-order valence-electron chi connectivity index (χ4n) is 0.756. The molecule has 0 atom stereocenters. The average molecular weight is 189 g/mol. The standard InChI is InChI=1S/C7H8N2O2.ClH/c1-8-5-2-3-6(9-11)7(10)4-5;/h2-4,8,10H,1H3;1H. The lowest BCUT2D eigenvalue weighted by atomic mass is 10.2. The van der Waals surface area contributed by atoms with Crippen LogP contribution < -0.4 is 5.32 Å². The van der Waals surface area contributed by atoms with Crippen LogP contribution in [0.15, 0.2) is 23.4 Å². The van der Waals surface area contributed by atoms with Crippen LogP contribution in [0.4, 0.5) is 11.4 Å². The van der Waals surface area contributed by atoms with Crippen molar-refractivity contribution in [3.63, 3.8) is 0 Å². The van der Waals surface area contributed by atoms with E-state index in [1.165, 1.54) is 12.1 Å². The number of benzene rings is 1. The molecule has 0 aliphatic carbocycles. The Morgan fingerprint density at radius 2 is 2.17 bits per heavy atom. The summed E-state index contributed by atoms with van der Waals surface area (Å²) in [6.45, 7) is 0. The predicted molar refractivity (Wildman–Crippen MR) is 50.4 cm³/mol. The van der Waals surface area contributed by atoms with Gasteiger partial charge in [-0.1, -0.05) is 0 Å². The van der Waals surface area contributed by atoms with Gasteiger partial charge in [-0.2, -0.15) is 0 Å². The second-order valence-electron chi connectivity index (χ2n) is 2.04. The summed E-state index contributed by atoms with van der Waals surface area (Å²) in [4.78, 5) is 10.00. The third-order valence-electron chi connectivity index (χ3n) is 1.36. The molecule has 0 aromatic heterocycles. The minimum atomic E-state index is -0.105. The number of phenolic OH excluding ortho intramolecular Hbond substituents is 1. The van der Waals surface area contributed by atoms with E-state index in [1.807, 2.05) is 0 Å². The molecule has 0 heterocycles. The summed E-state index contributed by atoms with van der Waals surface area (Å²) >= 11 is 0. The fraction of sp³-hybridized carbons (Fsp3) is 0.143. The van der Waals surface area contributed by atoms with Gasteiger partial charge in [0.2, 0.25) is 0 Å². The molecule has 0 fully saturated rings. The van der Waals surface area contributed by atoms with Gasteiger partial charge in [0.25, 0.3) is 0 Å². The molecule has 0 radical (unpaired) electrons. The normalized spacial score (nSPS) is 8.42. The molecule has 1 aromatic carbocycles. The molecular formula is C7H9ClN2O2. The molecule has 0 saturated heterocycles. The van der Waals surface area contributed by atoms with Crippen LogP contribution in [-0.2, 0) is 0 Å². The van der Waals surface area contributed by atoms with Crippen LogP contribution in [0, 0.1) is 4.91 Å². The van der Waals surface area contributed by atoms with Crippen LogP contribution in [0.3, 0.4) is 0 Å². The zero-order chi connectivity index (χ0) is 8.27. The van der Waals surface area contributed by atoms with Gasteiger partial charge in [0, 0.05) is 18.8 Å². The van der Waals surface area contributed by atoms with Crippen molar-refractivity contribution >= 4 is 23.8 Å². The maximum absolute atomic E-state index is 10.00. The van der Waals surface area contributed by atoms with E-state index in [9.17, 15) is 4.91 Å². The Bertz CT molecular complexity index is 278. The quantitative estimate of drug-likeness (QED) is 0.700. The van der Waals surface area contributed by atoms with E-state index in [0.717, 1.165) is 5.69 Å². The van der Waals surface area contributed by atoms with Crippen molar-refractivity contribution in [1.29, 1.82) is 0 Å². The van der Waals surface area contributed by atoms with Gasteiger partial charge in [-0.25, -0.2) is 0 Å². The summed E-state index contributed by atoms with van der Waals surface area (Å²) in [5.41, 5.74) is 0.805. The lowest BCUT2D eigenvalue weighted by Crippen LogP contribution is -1.85. The van der Waals surface area contributed by atoms with Crippen LogP contribution in [0.25, 0.3) is 0 Å². The number of anilines is 1. The number of hydrogen-bond donors (Lipinski definition) is 2. The first-order valence-electron chi connectivity index (χ1n) is 3.12. The Morgan fingerprint density at radius 1 is 1.50 bits per heavy atom. The Kier molecular flexibility index (Phi) is 4.07. The van der Waals surface area contributed by atoms with Crippen molar-refractivity contribution in [3.8, 4) is 5.75 Å². The molecule has 0 saturated carbocycles. The molecule has 4 nitrogen and oxygen atoms in total. The first-order chi connectivity index (χ1) is 5.27. The van der Waals surface area contributed by atoms with Crippen LogP contribution in [0.1, 0.15) is 0 Å². The highest BCUT2D eigenvalue weighted by atomic mass is 35.5. The number of nitrogens with one attached hydrogen (secondary N) is 1.